The van der Waals surface area contributed by atoms with Crippen LogP contribution in [0.3, 0.4) is 0 Å². The van der Waals surface area contributed by atoms with Crippen LogP contribution in [-0.4, -0.2) is 18.2 Å². The van der Waals surface area contributed by atoms with Gasteiger partial charge in [0.1, 0.15) is 0 Å². The average Bonchev–Trinajstić information content (AvgIpc) is 2.19. The number of benzene rings is 1. The number of anilines is 1. The van der Waals surface area contributed by atoms with Gasteiger partial charge in [0.25, 0.3) is 0 Å². The van der Waals surface area contributed by atoms with Crippen molar-refractivity contribution >= 4 is 34.6 Å². The van der Waals surface area contributed by atoms with Crippen molar-refractivity contribution in [2.24, 2.45) is 5.73 Å². The lowest BCUT2D eigenvalue weighted by Crippen LogP contribution is -2.32. The normalized spacial score (nSPS) is 9.80. The van der Waals surface area contributed by atoms with E-state index in [2.05, 4.69) is 10.6 Å². The van der Waals surface area contributed by atoms with E-state index >= 15 is 0 Å². The predicted octanol–water partition coefficient (Wildman–Crippen LogP) is 1.89. The zero-order valence-electron chi connectivity index (χ0n) is 8.51. The van der Waals surface area contributed by atoms with Crippen LogP contribution in [0.5, 0.6) is 0 Å². The van der Waals surface area contributed by atoms with E-state index in [0.717, 1.165) is 16.3 Å². The van der Waals surface area contributed by atoms with Gasteiger partial charge in [0.05, 0.1) is 0 Å². The van der Waals surface area contributed by atoms with Gasteiger partial charge < -0.3 is 16.4 Å². The Hall–Kier alpha value is -0.840. The van der Waals surface area contributed by atoms with Crippen LogP contribution >= 0.6 is 23.8 Å². The minimum absolute atomic E-state index is 0.557. The van der Waals surface area contributed by atoms with Gasteiger partial charge in [-0.15, -0.1) is 0 Å². The smallest absolute Gasteiger partial charge is 0.170 e. The van der Waals surface area contributed by atoms with E-state index in [1.165, 1.54) is 0 Å². The van der Waals surface area contributed by atoms with E-state index in [-0.39, 0.29) is 0 Å². The highest BCUT2D eigenvalue weighted by molar-refractivity contribution is 7.80. The average molecular weight is 244 g/mol. The van der Waals surface area contributed by atoms with Crippen LogP contribution < -0.4 is 16.4 Å². The van der Waals surface area contributed by atoms with Gasteiger partial charge in [0, 0.05) is 23.8 Å². The molecule has 82 valence electrons. The number of nitrogens with one attached hydrogen (secondary N) is 2. The van der Waals surface area contributed by atoms with E-state index in [4.69, 9.17) is 29.6 Å². The van der Waals surface area contributed by atoms with Gasteiger partial charge in [-0.3, -0.25) is 0 Å². The summed E-state index contributed by atoms with van der Waals surface area (Å²) in [6.45, 7) is 3.19. The molecule has 0 radical (unpaired) electrons. The van der Waals surface area contributed by atoms with Crippen LogP contribution in [0.25, 0.3) is 0 Å². The third-order valence-corrected chi connectivity index (χ3v) is 2.35. The summed E-state index contributed by atoms with van der Waals surface area (Å²) in [7, 11) is 0. The van der Waals surface area contributed by atoms with Crippen LogP contribution in [0.1, 0.15) is 5.56 Å². The Morgan fingerprint density at radius 2 is 2.27 bits per heavy atom. The topological polar surface area (TPSA) is 50.1 Å². The molecule has 0 aliphatic heterocycles. The van der Waals surface area contributed by atoms with Gasteiger partial charge in [-0.25, -0.2) is 0 Å². The van der Waals surface area contributed by atoms with Crippen molar-refractivity contribution in [2.45, 2.75) is 6.92 Å². The first-order chi connectivity index (χ1) is 7.13. The molecule has 3 nitrogen and oxygen atoms in total. The minimum atomic E-state index is 0.557. The molecule has 0 spiro atoms. The number of nitrogens with two attached hydrogens (primary N) is 1. The van der Waals surface area contributed by atoms with E-state index in [1.807, 2.05) is 25.1 Å². The highest BCUT2D eigenvalue weighted by atomic mass is 35.5. The second-order valence-electron chi connectivity index (χ2n) is 3.13. The van der Waals surface area contributed by atoms with Crippen molar-refractivity contribution in [3.05, 3.63) is 28.8 Å². The molecular weight excluding hydrogens is 230 g/mol. The molecule has 0 aliphatic carbocycles. The molecule has 5 heteroatoms. The molecule has 0 atom stereocenters. The summed E-state index contributed by atoms with van der Waals surface area (Å²) in [6, 6.07) is 5.60. The highest BCUT2D eigenvalue weighted by Crippen LogP contribution is 2.19. The van der Waals surface area contributed by atoms with Crippen LogP contribution in [0.4, 0.5) is 5.69 Å². The standard InChI is InChI=1S/C10H14ClN3S/c1-7-6-8(11)2-3-9(7)14-10(15)13-5-4-12/h2-3,6H,4-5,12H2,1H3,(H2,13,14,15). The molecule has 0 heterocycles. The first-order valence-corrected chi connectivity index (χ1v) is 5.43. The number of aryl methyl sites for hydroxylation is 1. The first-order valence-electron chi connectivity index (χ1n) is 4.64. The predicted molar refractivity (Wildman–Crippen MR) is 69.5 cm³/mol. The fourth-order valence-corrected chi connectivity index (χ4v) is 1.56. The Morgan fingerprint density at radius 1 is 1.53 bits per heavy atom. The zero-order chi connectivity index (χ0) is 11.3. The third kappa shape index (κ3) is 4.03. The molecule has 1 aromatic carbocycles. The molecule has 4 N–H and O–H groups in total. The zero-order valence-corrected chi connectivity index (χ0v) is 10.1. The molecular formula is C10H14ClN3S. The molecule has 15 heavy (non-hydrogen) atoms. The summed E-state index contributed by atoms with van der Waals surface area (Å²) in [5.41, 5.74) is 7.36. The van der Waals surface area contributed by atoms with Gasteiger partial charge >= 0.3 is 0 Å². The van der Waals surface area contributed by atoms with Crippen LogP contribution in [0.15, 0.2) is 18.2 Å². The maximum atomic E-state index is 5.84. The van der Waals surface area contributed by atoms with Crippen molar-refractivity contribution in [3.63, 3.8) is 0 Å². The number of thiocarbonyl (C=S) groups is 1. The second-order valence-corrected chi connectivity index (χ2v) is 3.97. The monoisotopic (exact) mass is 243 g/mol. The maximum absolute atomic E-state index is 5.84. The Morgan fingerprint density at radius 3 is 2.87 bits per heavy atom. The van der Waals surface area contributed by atoms with Gasteiger partial charge in [0.2, 0.25) is 0 Å². The van der Waals surface area contributed by atoms with Crippen molar-refractivity contribution in [1.29, 1.82) is 0 Å². The largest absolute Gasteiger partial charge is 0.361 e. The molecule has 0 saturated heterocycles. The molecule has 0 aliphatic rings. The third-order valence-electron chi connectivity index (χ3n) is 1.87. The lowest BCUT2D eigenvalue weighted by atomic mass is 10.2. The van der Waals surface area contributed by atoms with Crippen LogP contribution in [0.2, 0.25) is 5.02 Å². The molecule has 1 rings (SSSR count). The van der Waals surface area contributed by atoms with E-state index in [9.17, 15) is 0 Å². The summed E-state index contributed by atoms with van der Waals surface area (Å²) in [4.78, 5) is 0. The maximum Gasteiger partial charge on any atom is 0.170 e. The summed E-state index contributed by atoms with van der Waals surface area (Å²) in [6.07, 6.45) is 0. The fourth-order valence-electron chi connectivity index (χ4n) is 1.12. The van der Waals surface area contributed by atoms with Crippen molar-refractivity contribution in [3.8, 4) is 0 Å². The lowest BCUT2D eigenvalue weighted by Gasteiger charge is -2.11. The van der Waals surface area contributed by atoms with Gasteiger partial charge in [-0.05, 0) is 42.9 Å². The summed E-state index contributed by atoms with van der Waals surface area (Å²) in [5, 5.41) is 7.36. The Labute approximate surface area is 100.0 Å². The van der Waals surface area contributed by atoms with Gasteiger partial charge in [0.15, 0.2) is 5.11 Å². The van der Waals surface area contributed by atoms with Crippen molar-refractivity contribution < 1.29 is 0 Å². The van der Waals surface area contributed by atoms with Gasteiger partial charge in [-0.1, -0.05) is 11.6 Å². The molecule has 0 fully saturated rings. The number of halogens is 1. The Balaban J connectivity index is 2.60. The van der Waals surface area contributed by atoms with E-state index in [1.54, 1.807) is 0 Å². The minimum Gasteiger partial charge on any atom is -0.361 e. The highest BCUT2D eigenvalue weighted by Gasteiger charge is 2.00. The lowest BCUT2D eigenvalue weighted by molar-refractivity contribution is 0.883. The molecule has 0 bridgehead atoms. The fraction of sp³-hybridized carbons (Fsp3) is 0.300. The number of hydrogen-bond donors (Lipinski definition) is 3. The molecule has 1 aromatic rings. The molecule has 0 unspecified atom stereocenters. The molecule has 0 amide bonds. The van der Waals surface area contributed by atoms with Crippen LogP contribution in [0, 0.1) is 6.92 Å². The van der Waals surface area contributed by atoms with Crippen molar-refractivity contribution in [2.75, 3.05) is 18.4 Å². The number of hydrogen-bond acceptors (Lipinski definition) is 2. The van der Waals surface area contributed by atoms with Gasteiger partial charge in [-0.2, -0.15) is 0 Å². The van der Waals surface area contributed by atoms with Crippen molar-refractivity contribution in [1.82, 2.24) is 5.32 Å². The Kier molecular flexibility index (Phi) is 4.81. The quantitative estimate of drug-likeness (QED) is 0.710. The molecule has 0 aromatic heterocycles. The first kappa shape index (κ1) is 12.2. The summed E-state index contributed by atoms with van der Waals surface area (Å²) >= 11 is 10.9. The second kappa shape index (κ2) is 5.90. The SMILES string of the molecule is Cc1cc(Cl)ccc1NC(=S)NCCN. The summed E-state index contributed by atoms with van der Waals surface area (Å²) < 4.78 is 0. The number of rotatable bonds is 3. The summed E-state index contributed by atoms with van der Waals surface area (Å²) in [5.74, 6) is 0. The van der Waals surface area contributed by atoms with Crippen LogP contribution in [-0.2, 0) is 0 Å². The Bertz CT molecular complexity index is 355. The molecule has 0 saturated carbocycles. The van der Waals surface area contributed by atoms with E-state index in [0.29, 0.717) is 18.2 Å². The van der Waals surface area contributed by atoms with E-state index < -0.39 is 0 Å².